The molecule has 0 aliphatic heterocycles. The van der Waals surface area contributed by atoms with E-state index in [0.29, 0.717) is 3.79 Å². The fourth-order valence-corrected chi connectivity index (χ4v) is 1.41. The van der Waals surface area contributed by atoms with Crippen LogP contribution in [0.3, 0.4) is 0 Å². The Kier molecular flexibility index (Phi) is 2.91. The van der Waals surface area contributed by atoms with Crippen molar-refractivity contribution in [3.63, 3.8) is 0 Å². The summed E-state index contributed by atoms with van der Waals surface area (Å²) in [6, 6.07) is 0. The van der Waals surface area contributed by atoms with E-state index in [1.165, 1.54) is 5.51 Å². The summed E-state index contributed by atoms with van der Waals surface area (Å²) < 4.78 is 35.5. The average Bonchev–Trinajstić information content (AvgIpc) is 2.34. The number of hydrogen-bond donors (Lipinski definition) is 1. The Labute approximate surface area is 83.1 Å². The zero-order valence-corrected chi connectivity index (χ0v) is 8.26. The molecule has 0 unspecified atom stereocenters. The molecule has 0 radical (unpaired) electrons. The maximum atomic E-state index is 11.7. The van der Waals surface area contributed by atoms with Crippen LogP contribution in [0.1, 0.15) is 0 Å². The van der Waals surface area contributed by atoms with Gasteiger partial charge in [0.05, 0.1) is 5.51 Å². The third-order valence-electron chi connectivity index (χ3n) is 1.01. The van der Waals surface area contributed by atoms with E-state index in [2.05, 4.69) is 20.9 Å². The molecule has 0 saturated carbocycles. The van der Waals surface area contributed by atoms with Crippen LogP contribution >= 0.6 is 27.3 Å². The summed E-state index contributed by atoms with van der Waals surface area (Å²) in [5.74, 6) is -2.15. The zero-order chi connectivity index (χ0) is 10.1. The van der Waals surface area contributed by atoms with Gasteiger partial charge >= 0.3 is 12.1 Å². The molecule has 13 heavy (non-hydrogen) atoms. The fourth-order valence-electron chi connectivity index (χ4n) is 0.492. The first kappa shape index (κ1) is 10.5. The molecule has 0 spiro atoms. The smallest absolute Gasteiger partial charge is 0.301 e. The molecule has 0 aromatic carbocycles. The van der Waals surface area contributed by atoms with Crippen LogP contribution in [0.2, 0.25) is 0 Å². The number of amides is 1. The van der Waals surface area contributed by atoms with Gasteiger partial charge in [-0.2, -0.15) is 13.2 Å². The van der Waals surface area contributed by atoms with Crippen molar-refractivity contribution >= 4 is 39.0 Å². The highest BCUT2D eigenvalue weighted by Gasteiger charge is 2.39. The predicted molar refractivity (Wildman–Crippen MR) is 44.5 cm³/mol. The van der Waals surface area contributed by atoms with Crippen LogP contribution in [0.25, 0.3) is 0 Å². The number of carbonyl (C=O) groups excluding carboxylic acids is 1. The van der Waals surface area contributed by atoms with Gasteiger partial charge in [0.15, 0.2) is 5.82 Å². The molecule has 0 atom stereocenters. The number of anilines is 1. The first-order chi connectivity index (χ1) is 5.91. The molecule has 0 fully saturated rings. The van der Waals surface area contributed by atoms with Crippen molar-refractivity contribution in [3.05, 3.63) is 9.30 Å². The van der Waals surface area contributed by atoms with Crippen LogP contribution < -0.4 is 5.32 Å². The lowest BCUT2D eigenvalue weighted by Gasteiger charge is -2.04. The van der Waals surface area contributed by atoms with E-state index in [1.54, 1.807) is 5.32 Å². The van der Waals surface area contributed by atoms with Gasteiger partial charge in [-0.1, -0.05) is 0 Å². The molecular weight excluding hydrogens is 273 g/mol. The van der Waals surface area contributed by atoms with Gasteiger partial charge in [-0.3, -0.25) is 4.79 Å². The molecule has 1 amide bonds. The lowest BCUT2D eigenvalue weighted by molar-refractivity contribution is -0.167. The summed E-state index contributed by atoms with van der Waals surface area (Å²) in [4.78, 5) is 13.9. The number of nitrogens with one attached hydrogen (secondary N) is 1. The topological polar surface area (TPSA) is 42.0 Å². The summed E-state index contributed by atoms with van der Waals surface area (Å²) in [5, 5.41) is 1.62. The van der Waals surface area contributed by atoms with Gasteiger partial charge in [0.2, 0.25) is 0 Å². The summed E-state index contributed by atoms with van der Waals surface area (Å²) in [6.45, 7) is 0. The Bertz CT molecular complexity index is 324. The molecule has 0 bridgehead atoms. The predicted octanol–water partition coefficient (Wildman–Crippen LogP) is 2.41. The molecule has 3 nitrogen and oxygen atoms in total. The fraction of sp³-hybridized carbons (Fsp3) is 0.200. The second kappa shape index (κ2) is 3.62. The second-order valence-electron chi connectivity index (χ2n) is 1.93. The van der Waals surface area contributed by atoms with E-state index in [0.717, 1.165) is 11.3 Å². The maximum Gasteiger partial charge on any atom is 0.471 e. The largest absolute Gasteiger partial charge is 0.471 e. The normalized spacial score (nSPS) is 11.4. The molecule has 1 N–H and O–H groups in total. The van der Waals surface area contributed by atoms with Crippen LogP contribution in [0, 0.1) is 0 Å². The van der Waals surface area contributed by atoms with E-state index in [-0.39, 0.29) is 5.82 Å². The number of carbonyl (C=O) groups is 1. The Morgan fingerprint density at radius 2 is 2.23 bits per heavy atom. The van der Waals surface area contributed by atoms with Gasteiger partial charge in [0, 0.05) is 0 Å². The molecule has 1 heterocycles. The SMILES string of the molecule is O=C(Nc1ncsc1Br)C(F)(F)F. The standard InChI is InChI=1S/C5H2BrF3N2OS/c6-2-3(10-1-13-2)11-4(12)5(7,8)9/h1H,(H,11,12). The lowest BCUT2D eigenvalue weighted by atomic mass is 10.6. The van der Waals surface area contributed by atoms with Gasteiger partial charge in [-0.15, -0.1) is 11.3 Å². The Hall–Kier alpha value is -0.630. The first-order valence-corrected chi connectivity index (χ1v) is 4.55. The van der Waals surface area contributed by atoms with Crippen LogP contribution in [0.5, 0.6) is 0 Å². The zero-order valence-electron chi connectivity index (χ0n) is 5.85. The highest BCUT2D eigenvalue weighted by atomic mass is 79.9. The van der Waals surface area contributed by atoms with Gasteiger partial charge in [-0.05, 0) is 15.9 Å². The molecule has 0 aliphatic carbocycles. The molecule has 1 aromatic heterocycles. The monoisotopic (exact) mass is 274 g/mol. The van der Waals surface area contributed by atoms with Crippen LogP contribution in [-0.2, 0) is 4.79 Å². The van der Waals surface area contributed by atoms with Crippen molar-refractivity contribution in [1.82, 2.24) is 4.98 Å². The highest BCUT2D eigenvalue weighted by molar-refractivity contribution is 9.11. The van der Waals surface area contributed by atoms with Gasteiger partial charge in [0.1, 0.15) is 3.79 Å². The highest BCUT2D eigenvalue weighted by Crippen LogP contribution is 2.26. The summed E-state index contributed by atoms with van der Waals surface area (Å²) in [7, 11) is 0. The van der Waals surface area contributed by atoms with Gasteiger partial charge < -0.3 is 5.32 Å². The van der Waals surface area contributed by atoms with E-state index in [4.69, 9.17) is 0 Å². The Balaban J connectivity index is 2.71. The molecule has 1 aromatic rings. The lowest BCUT2D eigenvalue weighted by Crippen LogP contribution is -2.30. The molecule has 8 heteroatoms. The minimum absolute atomic E-state index is 0.118. The van der Waals surface area contributed by atoms with Crippen molar-refractivity contribution < 1.29 is 18.0 Å². The molecular formula is C5H2BrF3N2OS. The van der Waals surface area contributed by atoms with Crippen LogP contribution in [-0.4, -0.2) is 17.1 Å². The van der Waals surface area contributed by atoms with Gasteiger partial charge in [-0.25, -0.2) is 4.98 Å². The van der Waals surface area contributed by atoms with Crippen molar-refractivity contribution in [2.45, 2.75) is 6.18 Å². The van der Waals surface area contributed by atoms with E-state index < -0.39 is 12.1 Å². The minimum Gasteiger partial charge on any atom is -0.301 e. The number of aromatic nitrogens is 1. The molecule has 0 saturated heterocycles. The number of alkyl halides is 3. The quantitative estimate of drug-likeness (QED) is 0.855. The van der Waals surface area contributed by atoms with Crippen molar-refractivity contribution in [3.8, 4) is 0 Å². The minimum atomic E-state index is -4.89. The second-order valence-corrected chi connectivity index (χ2v) is 4.10. The first-order valence-electron chi connectivity index (χ1n) is 2.88. The third kappa shape index (κ3) is 2.66. The Morgan fingerprint density at radius 3 is 2.62 bits per heavy atom. The Morgan fingerprint density at radius 1 is 1.62 bits per heavy atom. The summed E-state index contributed by atoms with van der Waals surface area (Å²) >= 11 is 4.02. The number of thiazole rings is 1. The number of rotatable bonds is 1. The summed E-state index contributed by atoms with van der Waals surface area (Å²) in [5.41, 5.74) is 1.32. The number of halogens is 4. The van der Waals surface area contributed by atoms with Gasteiger partial charge in [0.25, 0.3) is 0 Å². The van der Waals surface area contributed by atoms with E-state index in [1.807, 2.05) is 0 Å². The van der Waals surface area contributed by atoms with Crippen LogP contribution in [0.4, 0.5) is 19.0 Å². The molecule has 0 aliphatic rings. The maximum absolute atomic E-state index is 11.7. The van der Waals surface area contributed by atoms with Crippen molar-refractivity contribution in [2.75, 3.05) is 5.32 Å². The number of hydrogen-bond acceptors (Lipinski definition) is 3. The summed E-state index contributed by atoms with van der Waals surface area (Å²) in [6.07, 6.45) is -4.89. The van der Waals surface area contributed by atoms with Crippen molar-refractivity contribution in [2.24, 2.45) is 0 Å². The van der Waals surface area contributed by atoms with E-state index >= 15 is 0 Å². The number of nitrogens with zero attached hydrogens (tertiary/aromatic N) is 1. The van der Waals surface area contributed by atoms with Crippen LogP contribution in [0.15, 0.2) is 9.30 Å². The molecule has 72 valence electrons. The molecule has 1 rings (SSSR count). The van der Waals surface area contributed by atoms with Crippen molar-refractivity contribution in [1.29, 1.82) is 0 Å². The average molecular weight is 275 g/mol. The third-order valence-corrected chi connectivity index (χ3v) is 2.56. The van der Waals surface area contributed by atoms with E-state index in [9.17, 15) is 18.0 Å².